The Labute approximate surface area is 164 Å². The fourth-order valence-corrected chi connectivity index (χ4v) is 2.65. The Morgan fingerprint density at radius 1 is 0.630 bits per heavy atom. The molecule has 27 heavy (non-hydrogen) atoms. The van der Waals surface area contributed by atoms with Gasteiger partial charge in [0.05, 0.1) is 5.69 Å². The third-order valence-corrected chi connectivity index (χ3v) is 3.98. The van der Waals surface area contributed by atoms with E-state index in [2.05, 4.69) is 64.2 Å². The van der Waals surface area contributed by atoms with Crippen LogP contribution >= 0.6 is 0 Å². The minimum atomic E-state index is 1.09. The van der Waals surface area contributed by atoms with E-state index in [9.17, 15) is 0 Å². The second kappa shape index (κ2) is 16.5. The summed E-state index contributed by atoms with van der Waals surface area (Å²) in [7, 11) is 0. The van der Waals surface area contributed by atoms with Crippen molar-refractivity contribution in [3.8, 4) is 59.2 Å². The molecule has 0 saturated carbocycles. The summed E-state index contributed by atoms with van der Waals surface area (Å²) in [5.74, 6) is 26.7. The summed E-state index contributed by atoms with van der Waals surface area (Å²) in [6, 6.07) is 0. The van der Waals surface area contributed by atoms with Gasteiger partial charge < -0.3 is 4.42 Å². The van der Waals surface area contributed by atoms with Gasteiger partial charge in [0.15, 0.2) is 6.39 Å². The number of nitrogens with zero attached hydrogens (tertiary/aromatic N) is 1. The summed E-state index contributed by atoms with van der Waals surface area (Å²) in [6.45, 7) is 3.44. The summed E-state index contributed by atoms with van der Waals surface area (Å²) in [5.41, 5.74) is 1.22. The fourth-order valence-electron chi connectivity index (χ4n) is 2.65. The van der Waals surface area contributed by atoms with E-state index < -0.39 is 0 Å². The molecule has 0 bridgehead atoms. The number of hydrogen-bond donors (Lipinski definition) is 0. The van der Waals surface area contributed by atoms with Crippen LogP contribution in [0.4, 0.5) is 0 Å². The van der Waals surface area contributed by atoms with Crippen LogP contribution in [-0.4, -0.2) is 4.98 Å². The highest BCUT2D eigenvalue weighted by atomic mass is 16.3. The Morgan fingerprint density at radius 3 is 1.59 bits per heavy atom. The minimum Gasteiger partial charge on any atom is -0.448 e. The molecule has 0 spiro atoms. The molecule has 2 heteroatoms. The Morgan fingerprint density at radius 2 is 1.07 bits per heavy atom. The summed E-state index contributed by atoms with van der Waals surface area (Å²) < 4.78 is 5.45. The van der Waals surface area contributed by atoms with Crippen molar-refractivity contribution >= 4 is 0 Å². The van der Waals surface area contributed by atoms with E-state index in [1.807, 2.05) is 0 Å². The van der Waals surface area contributed by atoms with Gasteiger partial charge in [-0.05, 0) is 80.5 Å². The van der Waals surface area contributed by atoms with Crippen LogP contribution in [0.5, 0.6) is 0 Å². The molecule has 0 N–H and O–H groups in total. The minimum absolute atomic E-state index is 1.09. The van der Waals surface area contributed by atoms with Crippen molar-refractivity contribution in [2.75, 3.05) is 0 Å². The SMILES string of the molecule is CC#CC#CC#CC#CC#CC.c1nc2c(o1)CCCCCCCCCC2. The first kappa shape index (κ1) is 22.1. The quantitative estimate of drug-likeness (QED) is 0.615. The smallest absolute Gasteiger partial charge is 0.181 e. The Kier molecular flexibility index (Phi) is 13.5. The molecule has 1 heterocycles. The molecular weight excluding hydrogens is 330 g/mol. The number of fused-ring (bicyclic) bond motifs is 1. The maximum atomic E-state index is 5.45. The Hall–Kier alpha value is -2.99. The molecule has 0 fully saturated rings. The Bertz CT molecular complexity index is 779. The lowest BCUT2D eigenvalue weighted by Crippen LogP contribution is -1.95. The average Bonchev–Trinajstić information content (AvgIpc) is 3.12. The molecule has 0 atom stereocenters. The molecule has 0 saturated heterocycles. The van der Waals surface area contributed by atoms with E-state index in [1.54, 1.807) is 20.2 Å². The van der Waals surface area contributed by atoms with Crippen molar-refractivity contribution < 1.29 is 4.42 Å². The molecule has 2 nitrogen and oxygen atoms in total. The molecule has 0 unspecified atom stereocenters. The standard InChI is InChI=1S/C13H21NO.C12H6/c1-2-4-6-8-10-13-12(14-11-15-13)9-7-5-3-1;1-3-5-7-9-11-12-10-8-6-4-2/h11H,1-10H2;1-2H3. The summed E-state index contributed by atoms with van der Waals surface area (Å²) in [4.78, 5) is 4.32. The molecule has 0 aromatic carbocycles. The average molecular weight is 357 g/mol. The molecule has 0 aliphatic heterocycles. The van der Waals surface area contributed by atoms with Gasteiger partial charge in [0.25, 0.3) is 0 Å². The number of oxazole rings is 1. The zero-order valence-corrected chi connectivity index (χ0v) is 16.5. The molecular formula is C25H27NO. The fraction of sp³-hybridized carbons (Fsp3) is 0.480. The van der Waals surface area contributed by atoms with Crippen molar-refractivity contribution in [1.29, 1.82) is 0 Å². The molecule has 0 amide bonds. The Balaban J connectivity index is 0.000000279. The molecule has 1 aliphatic carbocycles. The van der Waals surface area contributed by atoms with Crippen LogP contribution in [0.2, 0.25) is 0 Å². The normalized spacial score (nSPS) is 12.8. The maximum absolute atomic E-state index is 5.45. The van der Waals surface area contributed by atoms with Gasteiger partial charge in [-0.25, -0.2) is 4.98 Å². The van der Waals surface area contributed by atoms with E-state index in [0.717, 1.165) is 18.6 Å². The van der Waals surface area contributed by atoms with Crippen LogP contribution in [0, 0.1) is 59.2 Å². The van der Waals surface area contributed by atoms with Gasteiger partial charge in [0.1, 0.15) is 5.76 Å². The second-order valence-electron chi connectivity index (χ2n) is 6.05. The van der Waals surface area contributed by atoms with Crippen LogP contribution in [0.1, 0.15) is 76.7 Å². The molecule has 138 valence electrons. The van der Waals surface area contributed by atoms with Crippen molar-refractivity contribution in [2.45, 2.75) is 78.1 Å². The largest absolute Gasteiger partial charge is 0.448 e. The highest BCUT2D eigenvalue weighted by Crippen LogP contribution is 2.17. The lowest BCUT2D eigenvalue weighted by atomic mass is 10.0. The molecule has 2 rings (SSSR count). The predicted octanol–water partition coefficient (Wildman–Crippen LogP) is 4.94. The first-order valence-electron chi connectivity index (χ1n) is 9.63. The second-order valence-corrected chi connectivity index (χ2v) is 6.05. The van der Waals surface area contributed by atoms with Crippen molar-refractivity contribution in [3.63, 3.8) is 0 Å². The van der Waals surface area contributed by atoms with Gasteiger partial charge in [-0.3, -0.25) is 0 Å². The topological polar surface area (TPSA) is 26.0 Å². The maximum Gasteiger partial charge on any atom is 0.181 e. The van der Waals surface area contributed by atoms with Gasteiger partial charge in [-0.2, -0.15) is 0 Å². The number of aryl methyl sites for hydroxylation is 2. The summed E-state index contributed by atoms with van der Waals surface area (Å²) in [5, 5.41) is 0. The van der Waals surface area contributed by atoms with Crippen molar-refractivity contribution in [1.82, 2.24) is 4.98 Å². The summed E-state index contributed by atoms with van der Waals surface area (Å²) in [6.07, 6.45) is 14.7. The monoisotopic (exact) mass is 357 g/mol. The molecule has 1 aromatic heterocycles. The third kappa shape index (κ3) is 12.1. The third-order valence-electron chi connectivity index (χ3n) is 3.98. The molecule has 1 aliphatic rings. The van der Waals surface area contributed by atoms with E-state index in [-0.39, 0.29) is 0 Å². The molecule has 1 aromatic rings. The van der Waals surface area contributed by atoms with Crippen LogP contribution in [0.3, 0.4) is 0 Å². The lowest BCUT2D eigenvalue weighted by molar-refractivity contribution is 0.478. The first-order valence-corrected chi connectivity index (χ1v) is 9.63. The van der Waals surface area contributed by atoms with E-state index in [1.165, 1.54) is 57.1 Å². The molecule has 0 radical (unpaired) electrons. The van der Waals surface area contributed by atoms with Gasteiger partial charge in [-0.1, -0.05) is 50.4 Å². The van der Waals surface area contributed by atoms with Crippen LogP contribution in [-0.2, 0) is 12.8 Å². The van der Waals surface area contributed by atoms with Crippen LogP contribution < -0.4 is 0 Å². The van der Waals surface area contributed by atoms with Gasteiger partial charge in [-0.15, -0.1) is 0 Å². The van der Waals surface area contributed by atoms with Gasteiger partial charge in [0.2, 0.25) is 0 Å². The van der Waals surface area contributed by atoms with E-state index in [0.29, 0.717) is 0 Å². The first-order chi connectivity index (χ1) is 13.4. The van der Waals surface area contributed by atoms with Crippen LogP contribution in [0.25, 0.3) is 0 Å². The number of aromatic nitrogens is 1. The predicted molar refractivity (Wildman–Crippen MR) is 111 cm³/mol. The van der Waals surface area contributed by atoms with Crippen LogP contribution in [0.15, 0.2) is 10.8 Å². The summed E-state index contributed by atoms with van der Waals surface area (Å²) >= 11 is 0. The number of rotatable bonds is 0. The van der Waals surface area contributed by atoms with E-state index >= 15 is 0 Å². The van der Waals surface area contributed by atoms with Crippen molar-refractivity contribution in [3.05, 3.63) is 17.8 Å². The highest BCUT2D eigenvalue weighted by Gasteiger charge is 2.08. The zero-order valence-electron chi connectivity index (χ0n) is 16.5. The van der Waals surface area contributed by atoms with Gasteiger partial charge >= 0.3 is 0 Å². The lowest BCUT2D eigenvalue weighted by Gasteiger charge is -2.05. The van der Waals surface area contributed by atoms with E-state index in [4.69, 9.17) is 4.42 Å². The highest BCUT2D eigenvalue weighted by molar-refractivity contribution is 5.42. The van der Waals surface area contributed by atoms with Gasteiger partial charge in [0, 0.05) is 6.42 Å². The van der Waals surface area contributed by atoms with Crippen molar-refractivity contribution in [2.24, 2.45) is 0 Å². The number of hydrogen-bond acceptors (Lipinski definition) is 2. The zero-order chi connectivity index (χ0) is 19.4.